The van der Waals surface area contributed by atoms with Gasteiger partial charge in [-0.05, 0) is 50.1 Å². The van der Waals surface area contributed by atoms with Gasteiger partial charge in [-0.25, -0.2) is 19.5 Å². The van der Waals surface area contributed by atoms with Crippen LogP contribution in [0.2, 0.25) is 0 Å². The Bertz CT molecular complexity index is 970. The fraction of sp³-hybridized carbons (Fsp3) is 0.429. The van der Waals surface area contributed by atoms with Gasteiger partial charge in [0.1, 0.15) is 18.0 Å². The minimum absolute atomic E-state index is 0.325. The van der Waals surface area contributed by atoms with E-state index in [1.807, 2.05) is 6.92 Å². The quantitative estimate of drug-likeness (QED) is 0.383. The predicted molar refractivity (Wildman–Crippen MR) is 120 cm³/mol. The number of aromatic nitrogens is 2. The first-order valence-corrected chi connectivity index (χ1v) is 13.1. The van der Waals surface area contributed by atoms with Crippen LogP contribution in [0.4, 0.5) is 0 Å². The number of hydrogen-bond acceptors (Lipinski definition) is 5. The number of esters is 1. The van der Waals surface area contributed by atoms with Gasteiger partial charge in [0.05, 0.1) is 18.1 Å². The fourth-order valence-corrected chi connectivity index (χ4v) is 4.43. The normalized spacial score (nSPS) is 12.5. The molecule has 0 aliphatic carbocycles. The Kier molecular flexibility index (Phi) is 6.47. The highest BCUT2D eigenvalue weighted by Crippen LogP contribution is 2.35. The molecule has 0 saturated heterocycles. The second kappa shape index (κ2) is 8.68. The van der Waals surface area contributed by atoms with Crippen LogP contribution in [0, 0.1) is 6.92 Å². The summed E-state index contributed by atoms with van der Waals surface area (Å²) in [6.45, 7) is 5.23. The number of rotatable bonds is 8. The summed E-state index contributed by atoms with van der Waals surface area (Å²) in [5.74, 6) is 0.693. The van der Waals surface area contributed by atoms with E-state index in [1.165, 1.54) is 10.3 Å². The lowest BCUT2D eigenvalue weighted by Crippen LogP contribution is -2.10. The molecule has 0 aliphatic heterocycles. The van der Waals surface area contributed by atoms with Crippen molar-refractivity contribution in [2.24, 2.45) is 0 Å². The number of carbonyl (C=O) groups excluding carboxylic acids is 1. The lowest BCUT2D eigenvalue weighted by molar-refractivity contribution is 0.0525. The third-order valence-corrected chi connectivity index (χ3v) is 6.74. The minimum atomic E-state index is -0.591. The van der Waals surface area contributed by atoms with Crippen molar-refractivity contribution in [1.82, 2.24) is 9.78 Å². The molecule has 0 N–H and O–H groups in total. The Morgan fingerprint density at radius 3 is 2.75 bits per heavy atom. The zero-order chi connectivity index (χ0) is 20.3. The second-order valence-electron chi connectivity index (χ2n) is 7.64. The van der Waals surface area contributed by atoms with Crippen molar-refractivity contribution in [2.45, 2.75) is 20.6 Å². The first kappa shape index (κ1) is 20.9. The first-order chi connectivity index (χ1) is 13.3. The van der Waals surface area contributed by atoms with Crippen LogP contribution >= 0.6 is 21.4 Å². The molecule has 0 amide bonds. The van der Waals surface area contributed by atoms with Gasteiger partial charge in [0, 0.05) is 16.6 Å². The fourth-order valence-electron chi connectivity index (χ4n) is 2.77. The lowest BCUT2D eigenvalue weighted by atomic mass is 10.1. The summed E-state index contributed by atoms with van der Waals surface area (Å²) < 4.78 is 13.9. The highest BCUT2D eigenvalue weighted by molar-refractivity contribution is 8.32. The Hall–Kier alpha value is -1.83. The molecule has 0 atom stereocenters. The van der Waals surface area contributed by atoms with Crippen LogP contribution in [-0.4, -0.2) is 53.5 Å². The molecule has 2 aromatic heterocycles. The molecule has 5 nitrogen and oxygen atoms in total. The molecule has 7 heteroatoms. The van der Waals surface area contributed by atoms with E-state index in [-0.39, 0.29) is 5.97 Å². The number of hydrogen-bond donors (Lipinski definition) is 0. The van der Waals surface area contributed by atoms with Gasteiger partial charge in [-0.1, -0.05) is 17.7 Å². The summed E-state index contributed by atoms with van der Waals surface area (Å²) >= 11 is 1.63. The Morgan fingerprint density at radius 2 is 2.04 bits per heavy atom. The maximum absolute atomic E-state index is 12.5. The molecule has 152 valence electrons. The Labute approximate surface area is 172 Å². The number of benzene rings is 1. The third-order valence-electron chi connectivity index (χ3n) is 4.23. The van der Waals surface area contributed by atoms with Gasteiger partial charge in [-0.15, -0.1) is 11.3 Å². The summed E-state index contributed by atoms with van der Waals surface area (Å²) in [6.07, 6.45) is 8.53. The molecule has 3 rings (SSSR count). The minimum Gasteiger partial charge on any atom is -0.462 e. The van der Waals surface area contributed by atoms with Gasteiger partial charge in [0.25, 0.3) is 0 Å². The average Bonchev–Trinajstić information content (AvgIpc) is 3.21. The van der Waals surface area contributed by atoms with E-state index in [9.17, 15) is 4.79 Å². The standard InChI is InChI=1S/C21H28N2O3S2/c1-6-26-21(24)17-13-23(14-25-9-10-28(3,4)5)22-20(17)19-12-16-11-15(2)7-8-18(16)27-19/h7-8,11-13H,6,9-10,14H2,1-5H3. The lowest BCUT2D eigenvalue weighted by Gasteiger charge is -2.24. The molecule has 0 aliphatic rings. The monoisotopic (exact) mass is 420 g/mol. The molecule has 2 heterocycles. The molecule has 1 aromatic carbocycles. The van der Waals surface area contributed by atoms with Crippen LogP contribution < -0.4 is 0 Å². The van der Waals surface area contributed by atoms with Crippen molar-refractivity contribution in [3.05, 3.63) is 41.6 Å². The van der Waals surface area contributed by atoms with E-state index in [0.29, 0.717) is 31.2 Å². The zero-order valence-electron chi connectivity index (χ0n) is 17.2. The van der Waals surface area contributed by atoms with Crippen molar-refractivity contribution in [1.29, 1.82) is 0 Å². The number of aryl methyl sites for hydroxylation is 1. The molecule has 0 saturated carbocycles. The summed E-state index contributed by atoms with van der Waals surface area (Å²) in [7, 11) is -0.591. The summed E-state index contributed by atoms with van der Waals surface area (Å²) in [6, 6.07) is 8.44. The van der Waals surface area contributed by atoms with Gasteiger partial charge in [0.2, 0.25) is 0 Å². The van der Waals surface area contributed by atoms with Crippen LogP contribution in [0.5, 0.6) is 0 Å². The maximum Gasteiger partial charge on any atom is 0.342 e. The number of fused-ring (bicyclic) bond motifs is 1. The number of nitrogens with zero attached hydrogens (tertiary/aromatic N) is 2. The summed E-state index contributed by atoms with van der Waals surface area (Å²) in [5.41, 5.74) is 2.35. The van der Waals surface area contributed by atoms with Crippen LogP contribution in [-0.2, 0) is 16.2 Å². The van der Waals surface area contributed by atoms with Crippen LogP contribution in [0.3, 0.4) is 0 Å². The van der Waals surface area contributed by atoms with E-state index in [0.717, 1.165) is 16.0 Å². The number of thiophene rings is 1. The third kappa shape index (κ3) is 5.16. The highest BCUT2D eigenvalue weighted by atomic mass is 32.3. The van der Waals surface area contributed by atoms with E-state index in [2.05, 4.69) is 55.1 Å². The van der Waals surface area contributed by atoms with E-state index < -0.39 is 10.0 Å². The van der Waals surface area contributed by atoms with Crippen LogP contribution in [0.15, 0.2) is 30.5 Å². The molecule has 0 bridgehead atoms. The number of carbonyl (C=O) groups is 1. The molecule has 0 fully saturated rings. The van der Waals surface area contributed by atoms with Gasteiger partial charge < -0.3 is 9.47 Å². The topological polar surface area (TPSA) is 53.4 Å². The van der Waals surface area contributed by atoms with Crippen molar-refractivity contribution in [3.8, 4) is 10.6 Å². The summed E-state index contributed by atoms with van der Waals surface area (Å²) in [4.78, 5) is 13.4. The van der Waals surface area contributed by atoms with Gasteiger partial charge in [-0.2, -0.15) is 5.10 Å². The maximum atomic E-state index is 12.5. The first-order valence-electron chi connectivity index (χ1n) is 9.26. The Balaban J connectivity index is 1.87. The Morgan fingerprint density at radius 1 is 1.25 bits per heavy atom. The van der Waals surface area contributed by atoms with E-state index in [4.69, 9.17) is 9.47 Å². The van der Waals surface area contributed by atoms with E-state index >= 15 is 0 Å². The van der Waals surface area contributed by atoms with Crippen molar-refractivity contribution >= 4 is 37.4 Å². The number of ether oxygens (including phenoxy) is 2. The SMILES string of the molecule is CCOC(=O)c1cn(COCCS(C)(C)C)nc1-c1cc2cc(C)ccc2s1. The predicted octanol–water partition coefficient (Wildman–Crippen LogP) is 4.92. The zero-order valence-corrected chi connectivity index (χ0v) is 18.8. The largest absolute Gasteiger partial charge is 0.462 e. The molecule has 28 heavy (non-hydrogen) atoms. The highest BCUT2D eigenvalue weighted by Gasteiger charge is 2.21. The molecule has 0 radical (unpaired) electrons. The second-order valence-corrected chi connectivity index (χ2v) is 13.3. The van der Waals surface area contributed by atoms with Gasteiger partial charge >= 0.3 is 5.97 Å². The van der Waals surface area contributed by atoms with Crippen LogP contribution in [0.1, 0.15) is 22.8 Å². The molecular formula is C21H28N2O3S2. The molecular weight excluding hydrogens is 392 g/mol. The van der Waals surface area contributed by atoms with Crippen molar-refractivity contribution < 1.29 is 14.3 Å². The average molecular weight is 421 g/mol. The van der Waals surface area contributed by atoms with Gasteiger partial charge in [0.15, 0.2) is 0 Å². The molecule has 0 unspecified atom stereocenters. The molecule has 3 aromatic rings. The van der Waals surface area contributed by atoms with E-state index in [1.54, 1.807) is 22.2 Å². The summed E-state index contributed by atoms with van der Waals surface area (Å²) in [5, 5.41) is 5.80. The van der Waals surface area contributed by atoms with Gasteiger partial charge in [-0.3, -0.25) is 0 Å². The van der Waals surface area contributed by atoms with Crippen LogP contribution in [0.25, 0.3) is 20.7 Å². The van der Waals surface area contributed by atoms with Crippen molar-refractivity contribution in [2.75, 3.05) is 37.7 Å². The molecule has 0 spiro atoms. The smallest absolute Gasteiger partial charge is 0.342 e. The van der Waals surface area contributed by atoms with Crippen molar-refractivity contribution in [3.63, 3.8) is 0 Å².